The van der Waals surface area contributed by atoms with E-state index in [0.717, 1.165) is 0 Å². The molecule has 0 amide bonds. The largest absolute Gasteiger partial charge is 0.326 e. The highest BCUT2D eigenvalue weighted by atomic mass is 32.2. The van der Waals surface area contributed by atoms with Gasteiger partial charge >= 0.3 is 0 Å². The number of hydrogen-bond acceptors (Lipinski definition) is 3. The zero-order valence-corrected chi connectivity index (χ0v) is 9.19. The third-order valence-corrected chi connectivity index (χ3v) is 2.67. The van der Waals surface area contributed by atoms with Gasteiger partial charge in [0.25, 0.3) is 0 Å². The van der Waals surface area contributed by atoms with Crippen molar-refractivity contribution in [1.29, 1.82) is 0 Å². The maximum atomic E-state index is 5.64. The fourth-order valence-corrected chi connectivity index (χ4v) is 2.01. The lowest BCUT2D eigenvalue weighted by Crippen LogP contribution is -2.03. The van der Waals surface area contributed by atoms with Gasteiger partial charge in [-0.2, -0.15) is 0 Å². The molecule has 1 aromatic carbocycles. The van der Waals surface area contributed by atoms with Gasteiger partial charge in [-0.1, -0.05) is 12.1 Å². The Balaban J connectivity index is 2.94. The summed E-state index contributed by atoms with van der Waals surface area (Å²) in [6.07, 6.45) is 0. The van der Waals surface area contributed by atoms with E-state index in [-0.39, 0.29) is 0 Å². The Morgan fingerprint density at radius 1 is 1.38 bits per heavy atom. The molecular formula is C10H16N2S. The summed E-state index contributed by atoms with van der Waals surface area (Å²) < 4.78 is 2.08. The number of rotatable bonds is 3. The number of nitrogens with two attached hydrogens (primary N) is 1. The molecule has 2 nitrogen and oxygen atoms in total. The molecule has 0 atom stereocenters. The standard InChI is InChI=1S/C10H16N2S/c1-8-4-5-9(7-11)10(6-8)13-12(2)3/h4-6H,7,11H2,1-3H3. The fourth-order valence-electron chi connectivity index (χ4n) is 1.11. The Kier molecular flexibility index (Phi) is 3.78. The van der Waals surface area contributed by atoms with Crippen molar-refractivity contribution in [3.8, 4) is 0 Å². The summed E-state index contributed by atoms with van der Waals surface area (Å²) in [7, 11) is 4.07. The van der Waals surface area contributed by atoms with Crippen molar-refractivity contribution in [2.45, 2.75) is 18.4 Å². The molecule has 0 saturated heterocycles. The molecule has 0 spiro atoms. The molecule has 0 aliphatic rings. The second-order valence-corrected chi connectivity index (χ2v) is 4.57. The van der Waals surface area contributed by atoms with Crippen LogP contribution in [-0.4, -0.2) is 18.4 Å². The Morgan fingerprint density at radius 2 is 2.08 bits per heavy atom. The van der Waals surface area contributed by atoms with Crippen LogP contribution in [0.2, 0.25) is 0 Å². The zero-order valence-electron chi connectivity index (χ0n) is 8.37. The highest BCUT2D eigenvalue weighted by Gasteiger charge is 2.02. The first-order chi connectivity index (χ1) is 6.13. The van der Waals surface area contributed by atoms with Crippen LogP contribution in [0.1, 0.15) is 11.1 Å². The SMILES string of the molecule is Cc1ccc(CN)c(SN(C)C)c1. The predicted octanol–water partition coefficient (Wildman–Crippen LogP) is 2.02. The van der Waals surface area contributed by atoms with Gasteiger partial charge in [0.2, 0.25) is 0 Å². The number of nitrogens with zero attached hydrogens (tertiary/aromatic N) is 1. The minimum absolute atomic E-state index is 0.608. The Bertz CT molecular complexity index is 284. The summed E-state index contributed by atoms with van der Waals surface area (Å²) in [5, 5.41) is 0. The third kappa shape index (κ3) is 3.03. The van der Waals surface area contributed by atoms with Crippen LogP contribution in [0.3, 0.4) is 0 Å². The molecular weight excluding hydrogens is 180 g/mol. The van der Waals surface area contributed by atoms with Gasteiger partial charge in [-0.15, -0.1) is 0 Å². The molecule has 0 bridgehead atoms. The Morgan fingerprint density at radius 3 is 2.62 bits per heavy atom. The molecule has 3 heteroatoms. The van der Waals surface area contributed by atoms with Crippen molar-refractivity contribution in [2.75, 3.05) is 14.1 Å². The van der Waals surface area contributed by atoms with Crippen LogP contribution in [0, 0.1) is 6.92 Å². The molecule has 0 unspecified atom stereocenters. The Hall–Kier alpha value is -0.510. The van der Waals surface area contributed by atoms with Crippen LogP contribution in [0.4, 0.5) is 0 Å². The molecule has 0 saturated carbocycles. The molecule has 1 aromatic rings. The average molecular weight is 196 g/mol. The van der Waals surface area contributed by atoms with Gasteiger partial charge < -0.3 is 5.73 Å². The van der Waals surface area contributed by atoms with E-state index >= 15 is 0 Å². The van der Waals surface area contributed by atoms with E-state index in [1.165, 1.54) is 16.0 Å². The van der Waals surface area contributed by atoms with Crippen LogP contribution in [0.5, 0.6) is 0 Å². The van der Waals surface area contributed by atoms with Gasteiger partial charge in [0.1, 0.15) is 0 Å². The molecule has 2 N–H and O–H groups in total. The normalized spacial score (nSPS) is 10.8. The van der Waals surface area contributed by atoms with E-state index in [0.29, 0.717) is 6.54 Å². The molecule has 0 aliphatic carbocycles. The van der Waals surface area contributed by atoms with Crippen LogP contribution in [0.15, 0.2) is 23.1 Å². The summed E-state index contributed by atoms with van der Waals surface area (Å²) in [6.45, 7) is 2.70. The molecule has 13 heavy (non-hydrogen) atoms. The number of aryl methyl sites for hydroxylation is 1. The van der Waals surface area contributed by atoms with Crippen LogP contribution in [0.25, 0.3) is 0 Å². The topological polar surface area (TPSA) is 29.3 Å². The van der Waals surface area contributed by atoms with Gasteiger partial charge in [-0.25, -0.2) is 0 Å². The van der Waals surface area contributed by atoms with Gasteiger partial charge in [-0.3, -0.25) is 4.31 Å². The third-order valence-electron chi connectivity index (χ3n) is 1.72. The molecule has 0 aromatic heterocycles. The molecule has 0 radical (unpaired) electrons. The lowest BCUT2D eigenvalue weighted by atomic mass is 10.1. The summed E-state index contributed by atoms with van der Waals surface area (Å²) in [5.74, 6) is 0. The monoisotopic (exact) mass is 196 g/mol. The van der Waals surface area contributed by atoms with Crippen LogP contribution >= 0.6 is 11.9 Å². The highest BCUT2D eigenvalue weighted by Crippen LogP contribution is 2.24. The van der Waals surface area contributed by atoms with Crippen molar-refractivity contribution in [1.82, 2.24) is 4.31 Å². The van der Waals surface area contributed by atoms with E-state index in [2.05, 4.69) is 29.4 Å². The molecule has 72 valence electrons. The first kappa shape index (κ1) is 10.6. The zero-order chi connectivity index (χ0) is 9.84. The minimum Gasteiger partial charge on any atom is -0.326 e. The van der Waals surface area contributed by atoms with Crippen LogP contribution in [-0.2, 0) is 6.54 Å². The Labute approximate surface area is 84.2 Å². The predicted molar refractivity (Wildman–Crippen MR) is 58.6 cm³/mol. The van der Waals surface area contributed by atoms with Crippen molar-refractivity contribution in [2.24, 2.45) is 5.73 Å². The second-order valence-electron chi connectivity index (χ2n) is 3.22. The second kappa shape index (κ2) is 4.65. The van der Waals surface area contributed by atoms with Gasteiger partial charge in [0.15, 0.2) is 0 Å². The van der Waals surface area contributed by atoms with Crippen LogP contribution < -0.4 is 5.73 Å². The number of benzene rings is 1. The van der Waals surface area contributed by atoms with Crippen molar-refractivity contribution < 1.29 is 0 Å². The van der Waals surface area contributed by atoms with E-state index < -0.39 is 0 Å². The average Bonchev–Trinajstić information content (AvgIpc) is 2.03. The summed E-state index contributed by atoms with van der Waals surface area (Å²) in [4.78, 5) is 1.26. The van der Waals surface area contributed by atoms with E-state index in [1.54, 1.807) is 11.9 Å². The van der Waals surface area contributed by atoms with Crippen molar-refractivity contribution in [3.05, 3.63) is 29.3 Å². The van der Waals surface area contributed by atoms with Gasteiger partial charge in [0, 0.05) is 11.4 Å². The molecule has 0 fully saturated rings. The maximum Gasteiger partial charge on any atom is 0.0277 e. The lowest BCUT2D eigenvalue weighted by molar-refractivity contribution is 0.701. The van der Waals surface area contributed by atoms with Gasteiger partial charge in [0.05, 0.1) is 0 Å². The summed E-state index contributed by atoms with van der Waals surface area (Å²) in [6, 6.07) is 6.37. The first-order valence-corrected chi connectivity index (χ1v) is 5.05. The summed E-state index contributed by atoms with van der Waals surface area (Å²) in [5.41, 5.74) is 8.14. The van der Waals surface area contributed by atoms with E-state index in [1.807, 2.05) is 14.1 Å². The first-order valence-electron chi connectivity index (χ1n) is 4.28. The lowest BCUT2D eigenvalue weighted by Gasteiger charge is -2.12. The van der Waals surface area contributed by atoms with Crippen molar-refractivity contribution >= 4 is 11.9 Å². The fraction of sp³-hybridized carbons (Fsp3) is 0.400. The quantitative estimate of drug-likeness (QED) is 0.750. The minimum atomic E-state index is 0.608. The van der Waals surface area contributed by atoms with E-state index in [9.17, 15) is 0 Å². The number of hydrogen-bond donors (Lipinski definition) is 1. The maximum absolute atomic E-state index is 5.64. The molecule has 1 rings (SSSR count). The highest BCUT2D eigenvalue weighted by molar-refractivity contribution is 7.97. The van der Waals surface area contributed by atoms with E-state index in [4.69, 9.17) is 5.73 Å². The van der Waals surface area contributed by atoms with Gasteiger partial charge in [-0.05, 0) is 50.2 Å². The summed E-state index contributed by atoms with van der Waals surface area (Å²) >= 11 is 1.72. The smallest absolute Gasteiger partial charge is 0.0277 e. The molecule has 0 aliphatic heterocycles. The molecule has 0 heterocycles. The van der Waals surface area contributed by atoms with Crippen molar-refractivity contribution in [3.63, 3.8) is 0 Å².